The number of fused-ring (bicyclic) bond motifs is 1. The second-order valence-corrected chi connectivity index (χ2v) is 6.46. The smallest absolute Gasteiger partial charge is 0.162 e. The third-order valence-corrected chi connectivity index (χ3v) is 4.49. The van der Waals surface area contributed by atoms with Gasteiger partial charge in [-0.15, -0.1) is 0 Å². The number of rotatable bonds is 8. The van der Waals surface area contributed by atoms with Crippen LogP contribution in [0.2, 0.25) is 5.02 Å². The molecule has 0 atom stereocenters. The molecular weight excluding hydrogens is 346 g/mol. The van der Waals surface area contributed by atoms with Crippen LogP contribution in [0.4, 0.5) is 5.69 Å². The molecule has 0 heterocycles. The fraction of sp³-hybridized carbons (Fsp3) is 0.273. The lowest BCUT2D eigenvalue weighted by atomic mass is 10.1. The Morgan fingerprint density at radius 3 is 2.50 bits per heavy atom. The third kappa shape index (κ3) is 4.23. The van der Waals surface area contributed by atoms with Crippen LogP contribution in [-0.4, -0.2) is 13.2 Å². The predicted octanol–water partition coefficient (Wildman–Crippen LogP) is 6.29. The van der Waals surface area contributed by atoms with Gasteiger partial charge in [0.2, 0.25) is 0 Å². The van der Waals surface area contributed by atoms with E-state index in [9.17, 15) is 0 Å². The highest BCUT2D eigenvalue weighted by Gasteiger charge is 2.11. The topological polar surface area (TPSA) is 30.5 Å². The first-order chi connectivity index (χ1) is 12.7. The van der Waals surface area contributed by atoms with Crippen molar-refractivity contribution < 1.29 is 9.47 Å². The molecule has 136 valence electrons. The number of hydrogen-bond donors (Lipinski definition) is 1. The van der Waals surface area contributed by atoms with Gasteiger partial charge >= 0.3 is 0 Å². The van der Waals surface area contributed by atoms with Gasteiger partial charge in [-0.3, -0.25) is 0 Å². The normalized spacial score (nSPS) is 10.7. The number of anilines is 1. The summed E-state index contributed by atoms with van der Waals surface area (Å²) >= 11 is 6.49. The molecule has 0 fully saturated rings. The van der Waals surface area contributed by atoms with Crippen LogP contribution in [0, 0.1) is 0 Å². The molecule has 3 aromatic rings. The van der Waals surface area contributed by atoms with E-state index in [0.717, 1.165) is 23.4 Å². The van der Waals surface area contributed by atoms with Gasteiger partial charge in [0.05, 0.1) is 13.2 Å². The van der Waals surface area contributed by atoms with Crippen LogP contribution in [0.3, 0.4) is 0 Å². The molecule has 0 saturated carbocycles. The zero-order valence-electron chi connectivity index (χ0n) is 15.2. The average molecular weight is 370 g/mol. The standard InChI is InChI=1S/C22H24ClNO2/c1-3-12-26-22-14-19(23)17(13-21(22)25-4-2)15-24-20-11-7-9-16-8-5-6-10-18(16)20/h5-11,13-14,24H,3-4,12,15H2,1-2H3. The largest absolute Gasteiger partial charge is 0.490 e. The summed E-state index contributed by atoms with van der Waals surface area (Å²) in [6, 6.07) is 18.4. The highest BCUT2D eigenvalue weighted by Crippen LogP contribution is 2.34. The first kappa shape index (κ1) is 18.4. The fourth-order valence-electron chi connectivity index (χ4n) is 2.88. The van der Waals surface area contributed by atoms with E-state index in [0.29, 0.717) is 30.5 Å². The molecule has 0 aliphatic heterocycles. The number of ether oxygens (including phenoxy) is 2. The van der Waals surface area contributed by atoms with Crippen LogP contribution in [0.1, 0.15) is 25.8 Å². The van der Waals surface area contributed by atoms with Gasteiger partial charge < -0.3 is 14.8 Å². The Bertz CT molecular complexity index is 874. The molecule has 0 saturated heterocycles. The van der Waals surface area contributed by atoms with Crippen LogP contribution < -0.4 is 14.8 Å². The maximum Gasteiger partial charge on any atom is 0.162 e. The summed E-state index contributed by atoms with van der Waals surface area (Å²) in [7, 11) is 0. The van der Waals surface area contributed by atoms with Crippen LogP contribution in [0.25, 0.3) is 10.8 Å². The van der Waals surface area contributed by atoms with E-state index in [1.807, 2.05) is 31.2 Å². The molecule has 3 rings (SSSR count). The van der Waals surface area contributed by atoms with Crippen molar-refractivity contribution in [1.82, 2.24) is 0 Å². The molecular formula is C22H24ClNO2. The second kappa shape index (κ2) is 8.81. The first-order valence-electron chi connectivity index (χ1n) is 9.02. The van der Waals surface area contributed by atoms with Crippen LogP contribution >= 0.6 is 11.6 Å². The molecule has 0 unspecified atom stereocenters. The van der Waals surface area contributed by atoms with E-state index in [4.69, 9.17) is 21.1 Å². The van der Waals surface area contributed by atoms with Gasteiger partial charge in [-0.1, -0.05) is 54.9 Å². The molecule has 0 radical (unpaired) electrons. The van der Waals surface area contributed by atoms with E-state index in [1.165, 1.54) is 10.8 Å². The number of hydrogen-bond acceptors (Lipinski definition) is 3. The predicted molar refractivity (Wildman–Crippen MR) is 110 cm³/mol. The molecule has 0 spiro atoms. The molecule has 0 aliphatic carbocycles. The molecule has 4 heteroatoms. The van der Waals surface area contributed by atoms with Crippen molar-refractivity contribution >= 4 is 28.1 Å². The van der Waals surface area contributed by atoms with Gasteiger partial charge in [-0.05, 0) is 36.4 Å². The average Bonchev–Trinajstić information content (AvgIpc) is 2.67. The quantitative estimate of drug-likeness (QED) is 0.506. The molecule has 3 nitrogen and oxygen atoms in total. The lowest BCUT2D eigenvalue weighted by Gasteiger charge is -2.16. The van der Waals surface area contributed by atoms with Crippen molar-refractivity contribution in [3.05, 3.63) is 65.2 Å². The molecule has 3 aromatic carbocycles. The fourth-order valence-corrected chi connectivity index (χ4v) is 3.10. The van der Waals surface area contributed by atoms with Crippen molar-refractivity contribution in [3.63, 3.8) is 0 Å². The van der Waals surface area contributed by atoms with Gasteiger partial charge in [0, 0.05) is 28.7 Å². The van der Waals surface area contributed by atoms with Crippen LogP contribution in [-0.2, 0) is 6.54 Å². The molecule has 1 N–H and O–H groups in total. The summed E-state index contributed by atoms with van der Waals surface area (Å²) in [5, 5.41) is 6.57. The monoisotopic (exact) mass is 369 g/mol. The lowest BCUT2D eigenvalue weighted by molar-refractivity contribution is 0.276. The third-order valence-electron chi connectivity index (χ3n) is 4.13. The van der Waals surface area contributed by atoms with Gasteiger partial charge in [0.25, 0.3) is 0 Å². The summed E-state index contributed by atoms with van der Waals surface area (Å²) in [6.07, 6.45) is 0.938. The van der Waals surface area contributed by atoms with Gasteiger partial charge in [0.1, 0.15) is 0 Å². The van der Waals surface area contributed by atoms with E-state index >= 15 is 0 Å². The minimum atomic E-state index is 0.584. The Balaban J connectivity index is 1.83. The lowest BCUT2D eigenvalue weighted by Crippen LogP contribution is -2.04. The van der Waals surface area contributed by atoms with E-state index in [-0.39, 0.29) is 0 Å². The Morgan fingerprint density at radius 1 is 0.923 bits per heavy atom. The van der Waals surface area contributed by atoms with Crippen molar-refractivity contribution in [2.75, 3.05) is 18.5 Å². The van der Waals surface area contributed by atoms with E-state index in [2.05, 4.69) is 42.6 Å². The minimum Gasteiger partial charge on any atom is -0.490 e. The molecule has 0 aromatic heterocycles. The van der Waals surface area contributed by atoms with Crippen LogP contribution in [0.15, 0.2) is 54.6 Å². The maximum absolute atomic E-state index is 6.49. The minimum absolute atomic E-state index is 0.584. The van der Waals surface area contributed by atoms with E-state index < -0.39 is 0 Å². The van der Waals surface area contributed by atoms with Crippen LogP contribution in [0.5, 0.6) is 11.5 Å². The highest BCUT2D eigenvalue weighted by atomic mass is 35.5. The molecule has 0 aliphatic rings. The van der Waals surface area contributed by atoms with Crippen molar-refractivity contribution in [1.29, 1.82) is 0 Å². The van der Waals surface area contributed by atoms with Gasteiger partial charge in [0.15, 0.2) is 11.5 Å². The number of nitrogens with one attached hydrogen (secondary N) is 1. The highest BCUT2D eigenvalue weighted by molar-refractivity contribution is 6.31. The van der Waals surface area contributed by atoms with E-state index in [1.54, 1.807) is 0 Å². The van der Waals surface area contributed by atoms with Gasteiger partial charge in [-0.25, -0.2) is 0 Å². The SMILES string of the molecule is CCCOc1cc(Cl)c(CNc2cccc3ccccc23)cc1OCC. The molecule has 0 bridgehead atoms. The van der Waals surface area contributed by atoms with Crippen molar-refractivity contribution in [2.24, 2.45) is 0 Å². The summed E-state index contributed by atoms with van der Waals surface area (Å²) in [5.41, 5.74) is 2.07. The first-order valence-corrected chi connectivity index (χ1v) is 9.40. The summed E-state index contributed by atoms with van der Waals surface area (Å²) in [4.78, 5) is 0. The Morgan fingerprint density at radius 2 is 1.69 bits per heavy atom. The van der Waals surface area contributed by atoms with Crippen molar-refractivity contribution in [3.8, 4) is 11.5 Å². The van der Waals surface area contributed by atoms with Crippen molar-refractivity contribution in [2.45, 2.75) is 26.8 Å². The zero-order chi connectivity index (χ0) is 18.4. The Kier molecular flexibility index (Phi) is 6.24. The van der Waals surface area contributed by atoms with Gasteiger partial charge in [-0.2, -0.15) is 0 Å². The summed E-state index contributed by atoms with van der Waals surface area (Å²) in [5.74, 6) is 1.44. The zero-order valence-corrected chi connectivity index (χ0v) is 16.0. The molecule has 26 heavy (non-hydrogen) atoms. The maximum atomic E-state index is 6.49. The Hall–Kier alpha value is -2.39. The molecule has 0 amide bonds. The second-order valence-electron chi connectivity index (χ2n) is 6.05. The summed E-state index contributed by atoms with van der Waals surface area (Å²) < 4.78 is 11.5. The Labute approximate surface area is 159 Å². The number of benzene rings is 3. The summed E-state index contributed by atoms with van der Waals surface area (Å²) in [6.45, 7) is 5.88. The number of halogens is 1.